The molecule has 2 heterocycles. The molecule has 0 N–H and O–H groups in total. The summed E-state index contributed by atoms with van der Waals surface area (Å²) in [6.07, 6.45) is 1.87. The van der Waals surface area contributed by atoms with E-state index in [2.05, 4.69) is 44.6 Å². The van der Waals surface area contributed by atoms with Crippen LogP contribution in [0.4, 0.5) is 0 Å². The average Bonchev–Trinajstić information content (AvgIpc) is 2.19. The van der Waals surface area contributed by atoms with Gasteiger partial charge in [0.25, 0.3) is 0 Å². The molecule has 0 unspecified atom stereocenters. The Hall–Kier alpha value is -0.200. The second-order valence-corrected chi connectivity index (χ2v) is 4.48. The molecule has 1 aliphatic rings. The Kier molecular flexibility index (Phi) is 3.72. The minimum atomic E-state index is 0.863. The number of pyridine rings is 1. The lowest BCUT2D eigenvalue weighted by Crippen LogP contribution is -2.35. The molecule has 0 amide bonds. The van der Waals surface area contributed by atoms with E-state index in [0.717, 1.165) is 36.5 Å². The van der Waals surface area contributed by atoms with Gasteiger partial charge in [-0.2, -0.15) is 0 Å². The molecule has 1 fully saturated rings. The van der Waals surface area contributed by atoms with Gasteiger partial charge in [-0.3, -0.25) is 9.88 Å². The second-order valence-electron chi connectivity index (χ2n) is 3.38. The van der Waals surface area contributed by atoms with Crippen molar-refractivity contribution in [3.63, 3.8) is 0 Å². The molecule has 0 saturated carbocycles. The van der Waals surface area contributed by atoms with Crippen LogP contribution >= 0.6 is 22.6 Å². The first-order valence-corrected chi connectivity index (χ1v) is 5.83. The van der Waals surface area contributed by atoms with Crippen molar-refractivity contribution in [2.24, 2.45) is 0 Å². The molecule has 76 valence electrons. The fraction of sp³-hybridized carbons (Fsp3) is 0.500. The third kappa shape index (κ3) is 2.90. The molecule has 0 aliphatic carbocycles. The van der Waals surface area contributed by atoms with E-state index >= 15 is 0 Å². The predicted molar refractivity (Wildman–Crippen MR) is 63.1 cm³/mol. The molecule has 1 aromatic rings. The van der Waals surface area contributed by atoms with E-state index in [1.165, 1.54) is 5.56 Å². The number of hydrogen-bond acceptors (Lipinski definition) is 3. The van der Waals surface area contributed by atoms with Crippen LogP contribution in [0.15, 0.2) is 18.3 Å². The maximum atomic E-state index is 5.31. The molecule has 0 radical (unpaired) electrons. The fourth-order valence-electron chi connectivity index (χ4n) is 1.56. The van der Waals surface area contributed by atoms with E-state index < -0.39 is 0 Å². The van der Waals surface area contributed by atoms with Gasteiger partial charge < -0.3 is 4.74 Å². The fourth-order valence-corrected chi connectivity index (χ4v) is 2.12. The van der Waals surface area contributed by atoms with E-state index in [4.69, 9.17) is 4.74 Å². The molecule has 1 aromatic heterocycles. The normalized spacial score (nSPS) is 18.4. The van der Waals surface area contributed by atoms with Crippen molar-refractivity contribution >= 4 is 22.6 Å². The summed E-state index contributed by atoms with van der Waals surface area (Å²) in [6.45, 7) is 4.82. The highest BCUT2D eigenvalue weighted by Crippen LogP contribution is 2.08. The highest BCUT2D eigenvalue weighted by molar-refractivity contribution is 14.1. The number of aromatic nitrogens is 1. The van der Waals surface area contributed by atoms with Crippen LogP contribution in [0.2, 0.25) is 0 Å². The predicted octanol–water partition coefficient (Wildman–Crippen LogP) is 1.52. The van der Waals surface area contributed by atoms with Crippen molar-refractivity contribution in [1.82, 2.24) is 9.88 Å². The van der Waals surface area contributed by atoms with Gasteiger partial charge in [0, 0.05) is 25.8 Å². The van der Waals surface area contributed by atoms with E-state index in [1.54, 1.807) is 0 Å². The highest BCUT2D eigenvalue weighted by atomic mass is 127. The molecule has 14 heavy (non-hydrogen) atoms. The lowest BCUT2D eigenvalue weighted by Gasteiger charge is -2.26. The van der Waals surface area contributed by atoms with Gasteiger partial charge in [0.05, 0.1) is 13.2 Å². The Morgan fingerprint density at radius 2 is 2.21 bits per heavy atom. The van der Waals surface area contributed by atoms with Crippen molar-refractivity contribution in [3.8, 4) is 0 Å². The average molecular weight is 304 g/mol. The molecular weight excluding hydrogens is 291 g/mol. The van der Waals surface area contributed by atoms with Crippen molar-refractivity contribution in [3.05, 3.63) is 27.6 Å². The van der Waals surface area contributed by atoms with E-state index in [1.807, 2.05) is 6.20 Å². The summed E-state index contributed by atoms with van der Waals surface area (Å²) in [5.41, 5.74) is 1.34. The van der Waals surface area contributed by atoms with E-state index in [-0.39, 0.29) is 0 Å². The molecular formula is C10H13IN2O. The Morgan fingerprint density at radius 1 is 1.43 bits per heavy atom. The lowest BCUT2D eigenvalue weighted by atomic mass is 10.2. The van der Waals surface area contributed by atoms with Crippen molar-refractivity contribution < 1.29 is 4.74 Å². The molecule has 0 bridgehead atoms. The van der Waals surface area contributed by atoms with Gasteiger partial charge in [-0.1, -0.05) is 0 Å². The Bertz CT molecular complexity index is 300. The number of morpholine rings is 1. The standard InChI is InChI=1S/C10H13IN2O/c11-10-7-9(1-2-12-10)8-13-3-5-14-6-4-13/h1-2,7H,3-6,8H2. The van der Waals surface area contributed by atoms with Crippen LogP contribution in [-0.2, 0) is 11.3 Å². The number of halogens is 1. The van der Waals surface area contributed by atoms with Crippen LogP contribution < -0.4 is 0 Å². The van der Waals surface area contributed by atoms with E-state index in [0.29, 0.717) is 0 Å². The van der Waals surface area contributed by atoms with Gasteiger partial charge in [0.15, 0.2) is 0 Å². The van der Waals surface area contributed by atoms with Gasteiger partial charge in [0.1, 0.15) is 3.70 Å². The van der Waals surface area contributed by atoms with Crippen LogP contribution in [-0.4, -0.2) is 36.2 Å². The minimum absolute atomic E-state index is 0.863. The van der Waals surface area contributed by atoms with Crippen LogP contribution in [0.5, 0.6) is 0 Å². The zero-order chi connectivity index (χ0) is 9.80. The maximum Gasteiger partial charge on any atom is 0.101 e. The van der Waals surface area contributed by atoms with Crippen LogP contribution in [0.3, 0.4) is 0 Å². The van der Waals surface area contributed by atoms with Gasteiger partial charge in [0.2, 0.25) is 0 Å². The quantitative estimate of drug-likeness (QED) is 0.612. The second kappa shape index (κ2) is 5.04. The summed E-state index contributed by atoms with van der Waals surface area (Å²) < 4.78 is 6.37. The molecule has 2 rings (SSSR count). The number of hydrogen-bond donors (Lipinski definition) is 0. The molecule has 0 spiro atoms. The molecule has 0 atom stereocenters. The molecule has 1 saturated heterocycles. The number of ether oxygens (including phenoxy) is 1. The Balaban J connectivity index is 1.95. The summed E-state index contributed by atoms with van der Waals surface area (Å²) in [4.78, 5) is 6.59. The number of rotatable bonds is 2. The molecule has 4 heteroatoms. The van der Waals surface area contributed by atoms with Crippen molar-refractivity contribution in [1.29, 1.82) is 0 Å². The van der Waals surface area contributed by atoms with Gasteiger partial charge in [-0.15, -0.1) is 0 Å². The topological polar surface area (TPSA) is 25.4 Å². The van der Waals surface area contributed by atoms with Gasteiger partial charge in [-0.05, 0) is 40.3 Å². The zero-order valence-corrected chi connectivity index (χ0v) is 10.1. The summed E-state index contributed by atoms with van der Waals surface area (Å²) >= 11 is 2.25. The van der Waals surface area contributed by atoms with E-state index in [9.17, 15) is 0 Å². The first-order chi connectivity index (χ1) is 6.84. The zero-order valence-electron chi connectivity index (χ0n) is 7.95. The van der Waals surface area contributed by atoms with Crippen LogP contribution in [0, 0.1) is 3.70 Å². The van der Waals surface area contributed by atoms with Crippen molar-refractivity contribution in [2.45, 2.75) is 6.54 Å². The number of nitrogens with zero attached hydrogens (tertiary/aromatic N) is 2. The SMILES string of the molecule is Ic1cc(CN2CCOCC2)ccn1. The van der Waals surface area contributed by atoms with Crippen LogP contribution in [0.25, 0.3) is 0 Å². The summed E-state index contributed by atoms with van der Waals surface area (Å²) in [5.74, 6) is 0. The minimum Gasteiger partial charge on any atom is -0.379 e. The largest absolute Gasteiger partial charge is 0.379 e. The molecule has 0 aromatic carbocycles. The molecule has 3 nitrogen and oxygen atoms in total. The monoisotopic (exact) mass is 304 g/mol. The van der Waals surface area contributed by atoms with Gasteiger partial charge >= 0.3 is 0 Å². The Labute approximate surface area is 97.6 Å². The Morgan fingerprint density at radius 3 is 2.93 bits per heavy atom. The lowest BCUT2D eigenvalue weighted by molar-refractivity contribution is 0.0342. The summed E-state index contributed by atoms with van der Waals surface area (Å²) in [7, 11) is 0. The highest BCUT2D eigenvalue weighted by Gasteiger charge is 2.10. The summed E-state index contributed by atoms with van der Waals surface area (Å²) in [6, 6.07) is 4.22. The third-order valence-corrected chi connectivity index (χ3v) is 2.89. The first kappa shape index (κ1) is 10.3. The summed E-state index contributed by atoms with van der Waals surface area (Å²) in [5, 5.41) is 0. The third-order valence-electron chi connectivity index (χ3n) is 2.30. The van der Waals surface area contributed by atoms with Gasteiger partial charge in [-0.25, -0.2) is 0 Å². The van der Waals surface area contributed by atoms with Crippen LogP contribution in [0.1, 0.15) is 5.56 Å². The smallest absolute Gasteiger partial charge is 0.101 e. The van der Waals surface area contributed by atoms with Crippen molar-refractivity contribution in [2.75, 3.05) is 26.3 Å². The first-order valence-electron chi connectivity index (χ1n) is 4.75. The maximum absolute atomic E-state index is 5.31. The molecule has 1 aliphatic heterocycles.